The molecule has 0 spiro atoms. The van der Waals surface area contributed by atoms with Gasteiger partial charge < -0.3 is 25.8 Å². The molecule has 4 N–H and O–H groups in total. The van der Waals surface area contributed by atoms with Crippen molar-refractivity contribution in [2.75, 3.05) is 35.6 Å². The number of benzene rings is 1. The lowest BCUT2D eigenvalue weighted by Gasteiger charge is -2.18. The highest BCUT2D eigenvalue weighted by atomic mass is 16.2. The van der Waals surface area contributed by atoms with Crippen molar-refractivity contribution >= 4 is 42.5 Å². The van der Waals surface area contributed by atoms with Crippen LogP contribution in [-0.4, -0.2) is 58.3 Å². The SMILES string of the molecule is Bc1cnc(Nc2ccc(C)c(NC(=O)N3CCCC3)c2)nc1NCCc1c[nH]cn1. The van der Waals surface area contributed by atoms with Gasteiger partial charge in [0.1, 0.15) is 13.7 Å². The normalized spacial score (nSPS) is 13.3. The molecule has 1 saturated heterocycles. The molecule has 0 aliphatic carbocycles. The second-order valence-corrected chi connectivity index (χ2v) is 7.74. The molecule has 1 fully saturated rings. The van der Waals surface area contributed by atoms with Crippen molar-refractivity contribution in [1.29, 1.82) is 0 Å². The molecule has 2 amide bonds. The van der Waals surface area contributed by atoms with E-state index < -0.39 is 0 Å². The minimum atomic E-state index is -0.0484. The molecule has 3 heterocycles. The summed E-state index contributed by atoms with van der Waals surface area (Å²) in [6, 6.07) is 5.79. The quantitative estimate of drug-likeness (QED) is 0.436. The molecule has 10 heteroatoms. The van der Waals surface area contributed by atoms with Crippen LogP contribution in [0.1, 0.15) is 24.1 Å². The zero-order valence-electron chi connectivity index (χ0n) is 17.9. The van der Waals surface area contributed by atoms with E-state index in [0.717, 1.165) is 72.8 Å². The summed E-state index contributed by atoms with van der Waals surface area (Å²) in [7, 11) is 1.97. The monoisotopic (exact) mass is 418 g/mol. The molecule has 0 saturated carbocycles. The number of aromatic amines is 1. The van der Waals surface area contributed by atoms with Crippen LogP contribution < -0.4 is 21.4 Å². The smallest absolute Gasteiger partial charge is 0.321 e. The van der Waals surface area contributed by atoms with E-state index in [2.05, 4.69) is 35.9 Å². The average molecular weight is 418 g/mol. The number of H-pyrrole nitrogens is 1. The molecule has 2 aromatic heterocycles. The molecule has 0 unspecified atom stereocenters. The minimum absolute atomic E-state index is 0.0484. The first-order chi connectivity index (χ1) is 15.1. The fourth-order valence-corrected chi connectivity index (χ4v) is 3.50. The number of nitrogens with zero attached hydrogens (tertiary/aromatic N) is 4. The van der Waals surface area contributed by atoms with E-state index >= 15 is 0 Å². The van der Waals surface area contributed by atoms with Gasteiger partial charge in [-0.15, -0.1) is 0 Å². The number of carbonyl (C=O) groups is 1. The van der Waals surface area contributed by atoms with E-state index in [9.17, 15) is 4.79 Å². The van der Waals surface area contributed by atoms with Gasteiger partial charge in [0.25, 0.3) is 0 Å². The highest BCUT2D eigenvalue weighted by Crippen LogP contribution is 2.23. The summed E-state index contributed by atoms with van der Waals surface area (Å²) >= 11 is 0. The van der Waals surface area contributed by atoms with Gasteiger partial charge in [0, 0.05) is 49.8 Å². The Morgan fingerprint density at radius 1 is 1.26 bits per heavy atom. The van der Waals surface area contributed by atoms with Crippen LogP contribution in [0, 0.1) is 6.92 Å². The van der Waals surface area contributed by atoms with Crippen LogP contribution in [0.4, 0.5) is 27.9 Å². The van der Waals surface area contributed by atoms with Gasteiger partial charge in [-0.2, -0.15) is 4.98 Å². The number of aromatic nitrogens is 4. The van der Waals surface area contributed by atoms with E-state index in [-0.39, 0.29) is 6.03 Å². The van der Waals surface area contributed by atoms with Crippen LogP contribution in [0.3, 0.4) is 0 Å². The molecular formula is C21H27BN8O. The Labute approximate surface area is 182 Å². The van der Waals surface area contributed by atoms with E-state index in [1.54, 1.807) is 12.5 Å². The molecule has 3 aromatic rings. The van der Waals surface area contributed by atoms with E-state index in [1.807, 2.05) is 44.1 Å². The zero-order valence-corrected chi connectivity index (χ0v) is 17.9. The third-order valence-corrected chi connectivity index (χ3v) is 5.33. The van der Waals surface area contributed by atoms with E-state index in [0.29, 0.717) is 5.95 Å². The van der Waals surface area contributed by atoms with Gasteiger partial charge in [0.05, 0.1) is 12.0 Å². The summed E-state index contributed by atoms with van der Waals surface area (Å²) in [6.45, 7) is 4.33. The lowest BCUT2D eigenvalue weighted by Crippen LogP contribution is -2.32. The van der Waals surface area contributed by atoms with Crippen molar-refractivity contribution < 1.29 is 4.79 Å². The van der Waals surface area contributed by atoms with Crippen molar-refractivity contribution in [1.82, 2.24) is 24.8 Å². The molecule has 4 rings (SSSR count). The number of likely N-dealkylation sites (tertiary alicyclic amines) is 1. The Hall–Kier alpha value is -3.56. The predicted molar refractivity (Wildman–Crippen MR) is 125 cm³/mol. The fraction of sp³-hybridized carbons (Fsp3) is 0.333. The highest BCUT2D eigenvalue weighted by molar-refractivity contribution is 6.35. The molecular weight excluding hydrogens is 391 g/mol. The summed E-state index contributed by atoms with van der Waals surface area (Å²) in [4.78, 5) is 30.5. The van der Waals surface area contributed by atoms with Crippen molar-refractivity contribution in [3.05, 3.63) is 48.2 Å². The number of hydrogen-bond donors (Lipinski definition) is 4. The lowest BCUT2D eigenvalue weighted by molar-refractivity contribution is 0.222. The Bertz CT molecular complexity index is 1030. The number of imidazole rings is 1. The number of hydrogen-bond acceptors (Lipinski definition) is 6. The Kier molecular flexibility index (Phi) is 6.35. The summed E-state index contributed by atoms with van der Waals surface area (Å²) in [5.41, 5.74) is 4.57. The molecule has 31 heavy (non-hydrogen) atoms. The maximum Gasteiger partial charge on any atom is 0.321 e. The zero-order chi connectivity index (χ0) is 21.6. The fourth-order valence-electron chi connectivity index (χ4n) is 3.50. The van der Waals surface area contributed by atoms with Crippen LogP contribution in [0.25, 0.3) is 0 Å². The first-order valence-electron chi connectivity index (χ1n) is 10.6. The first-order valence-corrected chi connectivity index (χ1v) is 10.6. The number of rotatable bonds is 7. The summed E-state index contributed by atoms with van der Waals surface area (Å²) < 4.78 is 0. The third kappa shape index (κ3) is 5.33. The summed E-state index contributed by atoms with van der Waals surface area (Å²) in [6.07, 6.45) is 8.29. The molecule has 1 aromatic carbocycles. The van der Waals surface area contributed by atoms with Crippen molar-refractivity contribution in [3.63, 3.8) is 0 Å². The van der Waals surface area contributed by atoms with Gasteiger partial charge in [-0.05, 0) is 42.9 Å². The maximum absolute atomic E-state index is 12.5. The first kappa shape index (κ1) is 20.7. The van der Waals surface area contributed by atoms with Crippen LogP contribution in [0.15, 0.2) is 36.9 Å². The number of aryl methyl sites for hydroxylation is 1. The van der Waals surface area contributed by atoms with Gasteiger partial charge in [0.15, 0.2) is 0 Å². The Morgan fingerprint density at radius 3 is 2.87 bits per heavy atom. The number of urea groups is 1. The van der Waals surface area contributed by atoms with Crippen molar-refractivity contribution in [2.45, 2.75) is 26.2 Å². The molecule has 0 radical (unpaired) electrons. The number of amides is 2. The standard InChI is InChI=1S/C21H27BN8O/c1-14-4-5-15(10-18(14)28-21(31)30-8-2-3-9-30)27-20-25-12-17(22)19(29-20)24-7-6-16-11-23-13-26-16/h4-5,10-13H,2-3,6-9,22H2,1H3,(H,23,26)(H,28,31)(H2,24,25,27,29). The Morgan fingerprint density at radius 2 is 2.10 bits per heavy atom. The number of carbonyl (C=O) groups excluding carboxylic acids is 1. The van der Waals surface area contributed by atoms with Gasteiger partial charge >= 0.3 is 6.03 Å². The van der Waals surface area contributed by atoms with Gasteiger partial charge in [-0.25, -0.2) is 14.8 Å². The largest absolute Gasteiger partial charge is 0.370 e. The summed E-state index contributed by atoms with van der Waals surface area (Å²) in [5.74, 6) is 1.27. The van der Waals surface area contributed by atoms with Crippen molar-refractivity contribution in [3.8, 4) is 0 Å². The van der Waals surface area contributed by atoms with E-state index in [1.165, 1.54) is 0 Å². The molecule has 9 nitrogen and oxygen atoms in total. The second kappa shape index (κ2) is 9.50. The maximum atomic E-state index is 12.5. The van der Waals surface area contributed by atoms with Crippen molar-refractivity contribution in [2.24, 2.45) is 0 Å². The van der Waals surface area contributed by atoms with Crippen LogP contribution in [0.5, 0.6) is 0 Å². The van der Waals surface area contributed by atoms with Crippen LogP contribution >= 0.6 is 0 Å². The molecule has 1 aliphatic heterocycles. The van der Waals surface area contributed by atoms with E-state index in [4.69, 9.17) is 0 Å². The Balaban J connectivity index is 1.41. The van der Waals surface area contributed by atoms with Gasteiger partial charge in [-0.1, -0.05) is 6.07 Å². The highest BCUT2D eigenvalue weighted by Gasteiger charge is 2.18. The molecule has 1 aliphatic rings. The number of anilines is 4. The summed E-state index contributed by atoms with van der Waals surface area (Å²) in [5, 5.41) is 9.61. The number of nitrogens with one attached hydrogen (secondary N) is 4. The molecule has 0 atom stereocenters. The van der Waals surface area contributed by atoms with Crippen LogP contribution in [-0.2, 0) is 6.42 Å². The lowest BCUT2D eigenvalue weighted by atomic mass is 9.99. The van der Waals surface area contributed by atoms with Gasteiger partial charge in [0.2, 0.25) is 5.95 Å². The molecule has 160 valence electrons. The minimum Gasteiger partial charge on any atom is -0.370 e. The predicted octanol–water partition coefficient (Wildman–Crippen LogP) is 1.79. The average Bonchev–Trinajstić information content (AvgIpc) is 3.47. The van der Waals surface area contributed by atoms with Gasteiger partial charge in [-0.3, -0.25) is 0 Å². The topological polar surface area (TPSA) is 111 Å². The van der Waals surface area contributed by atoms with Crippen LogP contribution in [0.2, 0.25) is 0 Å². The second-order valence-electron chi connectivity index (χ2n) is 7.74. The third-order valence-electron chi connectivity index (χ3n) is 5.33. The molecule has 0 bridgehead atoms.